The Bertz CT molecular complexity index is 492. The fourth-order valence-corrected chi connectivity index (χ4v) is 1.80. The lowest BCUT2D eigenvalue weighted by Crippen LogP contribution is -2.08. The van der Waals surface area contributed by atoms with E-state index in [-0.39, 0.29) is 51.6 Å². The highest BCUT2D eigenvalue weighted by Gasteiger charge is 2.20. The average molecular weight is 250 g/mol. The van der Waals surface area contributed by atoms with Crippen LogP contribution in [-0.4, -0.2) is 31.4 Å². The molecule has 0 saturated heterocycles. The van der Waals surface area contributed by atoms with Crippen LogP contribution in [0, 0.1) is 0 Å². The Morgan fingerprint density at radius 2 is 0.765 bits per heavy atom. The molecular weight excluding hydrogens is 244 g/mol. The minimum Gasteiger partial charge on any atom is -0.298 e. The summed E-state index contributed by atoms with van der Waals surface area (Å²) in [5, 5.41) is 0. The van der Waals surface area contributed by atoms with Crippen molar-refractivity contribution in [1.29, 1.82) is 0 Å². The van der Waals surface area contributed by atoms with Crippen molar-refractivity contribution in [3.63, 3.8) is 0 Å². The number of carbonyl (C=O) groups is 5. The first-order valence-corrected chi connectivity index (χ1v) is 4.79. The van der Waals surface area contributed by atoms with Gasteiger partial charge in [-0.3, -0.25) is 24.0 Å². The van der Waals surface area contributed by atoms with Crippen molar-refractivity contribution in [2.45, 2.75) is 4.90 Å². The minimum atomic E-state index is -0.281. The summed E-state index contributed by atoms with van der Waals surface area (Å²) in [4.78, 5) is 54.0. The third-order valence-electron chi connectivity index (χ3n) is 2.26. The summed E-state index contributed by atoms with van der Waals surface area (Å²) in [6, 6.07) is 0. The van der Waals surface area contributed by atoms with Crippen molar-refractivity contribution in [3.05, 3.63) is 27.8 Å². The highest BCUT2D eigenvalue weighted by molar-refractivity contribution is 7.80. The molecule has 0 bridgehead atoms. The maximum Gasteiger partial charge on any atom is 0.151 e. The van der Waals surface area contributed by atoms with E-state index in [0.717, 1.165) is 0 Å². The molecule has 0 atom stereocenters. The molecule has 0 unspecified atom stereocenters. The quantitative estimate of drug-likeness (QED) is 0.623. The monoisotopic (exact) mass is 250 g/mol. The molecule has 0 aromatic heterocycles. The number of rotatable bonds is 5. The van der Waals surface area contributed by atoms with Gasteiger partial charge in [0.25, 0.3) is 0 Å². The van der Waals surface area contributed by atoms with Crippen LogP contribution in [0.5, 0.6) is 0 Å². The van der Waals surface area contributed by atoms with Crippen molar-refractivity contribution in [3.8, 4) is 0 Å². The summed E-state index contributed by atoms with van der Waals surface area (Å²) < 4.78 is 0. The summed E-state index contributed by atoms with van der Waals surface area (Å²) in [5.41, 5.74) is -1.13. The van der Waals surface area contributed by atoms with Crippen LogP contribution < -0.4 is 0 Å². The molecule has 0 aliphatic carbocycles. The summed E-state index contributed by atoms with van der Waals surface area (Å²) in [6.07, 6.45) is 1.41. The van der Waals surface area contributed by atoms with Gasteiger partial charge >= 0.3 is 0 Å². The molecule has 0 spiro atoms. The average Bonchev–Trinajstić information content (AvgIpc) is 2.36. The lowest BCUT2D eigenvalue weighted by atomic mass is 9.94. The molecule has 0 heterocycles. The van der Waals surface area contributed by atoms with Gasteiger partial charge in [0.15, 0.2) is 31.4 Å². The molecule has 1 aromatic carbocycles. The summed E-state index contributed by atoms with van der Waals surface area (Å²) >= 11 is 3.91. The van der Waals surface area contributed by atoms with Gasteiger partial charge in [-0.05, 0) is 0 Å². The van der Waals surface area contributed by atoms with Gasteiger partial charge in [0.1, 0.15) is 0 Å². The zero-order valence-electron chi connectivity index (χ0n) is 8.38. The van der Waals surface area contributed by atoms with Crippen molar-refractivity contribution in [1.82, 2.24) is 0 Å². The summed E-state index contributed by atoms with van der Waals surface area (Å²) in [7, 11) is 0. The van der Waals surface area contributed by atoms with E-state index in [9.17, 15) is 24.0 Å². The second-order valence-corrected chi connectivity index (χ2v) is 3.45. The molecule has 86 valence electrons. The number of benzene rings is 1. The smallest absolute Gasteiger partial charge is 0.151 e. The topological polar surface area (TPSA) is 85.3 Å². The van der Waals surface area contributed by atoms with E-state index in [1.54, 1.807) is 0 Å². The Labute approximate surface area is 101 Å². The van der Waals surface area contributed by atoms with Gasteiger partial charge in [0.05, 0.1) is 0 Å². The second-order valence-electron chi connectivity index (χ2n) is 3.01. The molecule has 0 saturated carbocycles. The Hall–Kier alpha value is -2.08. The van der Waals surface area contributed by atoms with E-state index in [4.69, 9.17) is 0 Å². The zero-order chi connectivity index (χ0) is 13.0. The van der Waals surface area contributed by atoms with Gasteiger partial charge in [0.2, 0.25) is 0 Å². The van der Waals surface area contributed by atoms with Gasteiger partial charge < -0.3 is 0 Å². The standard InChI is InChI=1S/C11H6O5S/c12-1-6-7(2-13)9(4-15)11(17)10(5-16)8(6)3-14/h1-5,17H. The maximum absolute atomic E-state index is 10.8. The molecule has 1 rings (SSSR count). The Kier molecular flexibility index (Phi) is 4.06. The molecule has 6 heteroatoms. The zero-order valence-corrected chi connectivity index (χ0v) is 9.27. The summed E-state index contributed by atoms with van der Waals surface area (Å²) in [5.74, 6) is 0. The third-order valence-corrected chi connectivity index (χ3v) is 2.74. The first-order valence-electron chi connectivity index (χ1n) is 4.35. The van der Waals surface area contributed by atoms with E-state index in [1.165, 1.54) is 0 Å². The fourth-order valence-electron chi connectivity index (χ4n) is 1.45. The van der Waals surface area contributed by atoms with E-state index in [2.05, 4.69) is 12.6 Å². The number of thiol groups is 1. The van der Waals surface area contributed by atoms with E-state index in [1.807, 2.05) is 0 Å². The number of hydrogen-bond donors (Lipinski definition) is 1. The minimum absolute atomic E-state index is 0.0928. The van der Waals surface area contributed by atoms with E-state index >= 15 is 0 Å². The van der Waals surface area contributed by atoms with Gasteiger partial charge in [-0.15, -0.1) is 12.6 Å². The predicted molar refractivity (Wildman–Crippen MR) is 60.6 cm³/mol. The molecular formula is C11H6O5S. The molecule has 0 fully saturated rings. The number of aldehydes is 5. The molecule has 0 aliphatic heterocycles. The van der Waals surface area contributed by atoms with Gasteiger partial charge in [-0.2, -0.15) is 0 Å². The van der Waals surface area contributed by atoms with Gasteiger partial charge in [-0.1, -0.05) is 0 Å². The molecule has 0 aliphatic rings. The number of hydrogen-bond acceptors (Lipinski definition) is 6. The van der Waals surface area contributed by atoms with Crippen LogP contribution in [0.25, 0.3) is 0 Å². The molecule has 17 heavy (non-hydrogen) atoms. The summed E-state index contributed by atoms with van der Waals surface area (Å²) in [6.45, 7) is 0. The molecule has 5 nitrogen and oxygen atoms in total. The predicted octanol–water partition coefficient (Wildman–Crippen LogP) is 1.04. The lowest BCUT2D eigenvalue weighted by molar-refractivity contribution is 0.106. The van der Waals surface area contributed by atoms with Gasteiger partial charge in [-0.25, -0.2) is 0 Å². The van der Waals surface area contributed by atoms with Crippen LogP contribution in [0.15, 0.2) is 4.90 Å². The van der Waals surface area contributed by atoms with Crippen molar-refractivity contribution < 1.29 is 24.0 Å². The highest BCUT2D eigenvalue weighted by atomic mass is 32.1. The third kappa shape index (κ3) is 1.94. The van der Waals surface area contributed by atoms with E-state index < -0.39 is 0 Å². The molecule has 0 radical (unpaired) electrons. The second kappa shape index (κ2) is 5.31. The van der Waals surface area contributed by atoms with Gasteiger partial charge in [0, 0.05) is 32.7 Å². The molecule has 0 amide bonds. The lowest BCUT2D eigenvalue weighted by Gasteiger charge is -2.10. The molecule has 1 aromatic rings. The largest absolute Gasteiger partial charge is 0.298 e. The van der Waals surface area contributed by atoms with Crippen LogP contribution in [0.1, 0.15) is 51.8 Å². The van der Waals surface area contributed by atoms with Crippen molar-refractivity contribution >= 4 is 44.1 Å². The first kappa shape index (κ1) is 13.0. The SMILES string of the molecule is O=Cc1c(S)c(C=O)c(C=O)c(C=O)c1C=O. The Morgan fingerprint density at radius 1 is 0.529 bits per heavy atom. The van der Waals surface area contributed by atoms with Crippen molar-refractivity contribution in [2.24, 2.45) is 0 Å². The molecule has 0 N–H and O–H groups in total. The van der Waals surface area contributed by atoms with Crippen LogP contribution in [0.3, 0.4) is 0 Å². The normalized spacial score (nSPS) is 9.47. The van der Waals surface area contributed by atoms with Crippen LogP contribution in [0.4, 0.5) is 0 Å². The Balaban J connectivity index is 3.97. The van der Waals surface area contributed by atoms with Crippen LogP contribution in [0.2, 0.25) is 0 Å². The Morgan fingerprint density at radius 3 is 1.00 bits per heavy atom. The fraction of sp³-hybridized carbons (Fsp3) is 0. The van der Waals surface area contributed by atoms with Crippen molar-refractivity contribution in [2.75, 3.05) is 0 Å². The number of carbonyl (C=O) groups excluding carboxylic acids is 5. The first-order chi connectivity index (χ1) is 8.15. The van der Waals surface area contributed by atoms with Crippen LogP contribution in [-0.2, 0) is 0 Å². The van der Waals surface area contributed by atoms with E-state index in [0.29, 0.717) is 12.6 Å². The highest BCUT2D eigenvalue weighted by Crippen LogP contribution is 2.26. The maximum atomic E-state index is 10.8. The van der Waals surface area contributed by atoms with Crippen LogP contribution >= 0.6 is 12.6 Å².